The highest BCUT2D eigenvalue weighted by atomic mass is 32.1. The molecule has 3 heterocycles. The Morgan fingerprint density at radius 3 is 1.80 bits per heavy atom. The van der Waals surface area contributed by atoms with Crippen LogP contribution in [0.4, 0.5) is 0 Å². The molecule has 0 saturated carbocycles. The van der Waals surface area contributed by atoms with Crippen LogP contribution in [0.25, 0.3) is 93.0 Å². The smallest absolute Gasteiger partial charge is 0.164 e. The lowest BCUT2D eigenvalue weighted by molar-refractivity contribution is 1.07. The summed E-state index contributed by atoms with van der Waals surface area (Å²) in [5, 5.41) is 2.18. The Kier molecular flexibility index (Phi) is 5.17. The first-order valence-corrected chi connectivity index (χ1v) is 16.9. The van der Waals surface area contributed by atoms with Gasteiger partial charge in [-0.2, -0.15) is 0 Å². The number of para-hydroxylation sites is 1. The van der Waals surface area contributed by atoms with Crippen LogP contribution in [0.5, 0.6) is 0 Å². The number of nitrogens with zero attached hydrogens (tertiary/aromatic N) is 4. The predicted octanol–water partition coefficient (Wildman–Crippen LogP) is 12.0. The van der Waals surface area contributed by atoms with E-state index in [2.05, 4.69) is 0 Å². The fourth-order valence-electron chi connectivity index (χ4n) is 6.51. The van der Waals surface area contributed by atoms with Crippen molar-refractivity contribution in [1.82, 2.24) is 19.5 Å². The minimum absolute atomic E-state index is 0.00397. The fraction of sp³-hybridized carbons (Fsp3) is 0. The predicted molar refractivity (Wildman–Crippen MR) is 209 cm³/mol. The van der Waals surface area contributed by atoms with Crippen molar-refractivity contribution in [3.05, 3.63) is 170 Å². The maximum Gasteiger partial charge on any atom is 0.164 e. The van der Waals surface area contributed by atoms with E-state index in [1.807, 2.05) is 127 Å². The lowest BCUT2D eigenvalue weighted by atomic mass is 10.0. The molecule has 0 unspecified atom stereocenters. The van der Waals surface area contributed by atoms with Crippen LogP contribution in [-0.2, 0) is 0 Å². The zero-order valence-electron chi connectivity index (χ0n) is 33.3. The highest BCUT2D eigenvalue weighted by Gasteiger charge is 2.17. The van der Waals surface area contributed by atoms with E-state index in [9.17, 15) is 4.11 Å². The molecule has 0 bridgehead atoms. The summed E-state index contributed by atoms with van der Waals surface area (Å²) in [6.07, 6.45) is 0. The Morgan fingerprint density at radius 1 is 0.440 bits per heavy atom. The van der Waals surface area contributed by atoms with Crippen LogP contribution >= 0.6 is 11.3 Å². The van der Waals surface area contributed by atoms with E-state index in [-0.39, 0.29) is 63.4 Å². The highest BCUT2D eigenvalue weighted by Crippen LogP contribution is 2.39. The van der Waals surface area contributed by atoms with Crippen molar-refractivity contribution < 1.29 is 9.60 Å². The van der Waals surface area contributed by atoms with Crippen molar-refractivity contribution in [2.24, 2.45) is 0 Å². The van der Waals surface area contributed by atoms with E-state index in [0.717, 1.165) is 31.3 Å². The summed E-state index contributed by atoms with van der Waals surface area (Å²) in [5.74, 6) is 0.627. The summed E-state index contributed by atoms with van der Waals surface area (Å²) in [6, 6.07) is 38.6. The standard InChI is InChI=1S/C45H28N4S/c1-3-11-29(12-4-1)30-19-21-32(22-20-30)44-46-43(31-13-5-2-6-14-31)47-45(48-44)33-23-25-40-37(27-33)35-15-7-9-17-39(35)49(40)34-24-26-42-38(28-34)36-16-8-10-18-41(36)50-42/h1-28H/i7D,9D,15D,17D,23D,25D,27D. The quantitative estimate of drug-likeness (QED) is 0.184. The number of hydrogen-bond donors (Lipinski definition) is 0. The van der Waals surface area contributed by atoms with Crippen molar-refractivity contribution in [3.63, 3.8) is 0 Å². The monoisotopic (exact) mass is 663 g/mol. The molecule has 0 atom stereocenters. The Labute approximate surface area is 302 Å². The summed E-state index contributed by atoms with van der Waals surface area (Å²) in [5.41, 5.74) is 4.19. The molecule has 0 N–H and O–H groups in total. The van der Waals surface area contributed by atoms with E-state index >= 15 is 0 Å². The maximum atomic E-state index is 9.78. The molecule has 5 heteroatoms. The Balaban J connectivity index is 1.26. The molecule has 10 aromatic rings. The molecule has 0 saturated heterocycles. The van der Waals surface area contributed by atoms with Crippen molar-refractivity contribution in [2.45, 2.75) is 0 Å². The van der Waals surface area contributed by atoms with Gasteiger partial charge in [-0.1, -0.05) is 121 Å². The molecule has 7 aromatic carbocycles. The zero-order valence-corrected chi connectivity index (χ0v) is 27.1. The lowest BCUT2D eigenvalue weighted by Gasteiger charge is -2.10. The van der Waals surface area contributed by atoms with Gasteiger partial charge in [-0.05, 0) is 59.6 Å². The molecule has 50 heavy (non-hydrogen) atoms. The highest BCUT2D eigenvalue weighted by molar-refractivity contribution is 7.25. The summed E-state index contributed by atoms with van der Waals surface area (Å²) in [6.45, 7) is 0. The Morgan fingerprint density at radius 2 is 1.02 bits per heavy atom. The number of rotatable bonds is 5. The number of fused-ring (bicyclic) bond motifs is 6. The Bertz CT molecular complexity index is 3260. The van der Waals surface area contributed by atoms with Crippen molar-refractivity contribution >= 4 is 53.3 Å². The van der Waals surface area contributed by atoms with E-state index < -0.39 is 12.1 Å². The van der Waals surface area contributed by atoms with Crippen molar-refractivity contribution in [3.8, 4) is 51.0 Å². The number of thiophene rings is 1. The summed E-state index contributed by atoms with van der Waals surface area (Å²) < 4.78 is 68.1. The normalized spacial score (nSPS) is 13.6. The molecule has 4 nitrogen and oxygen atoms in total. The minimum Gasteiger partial charge on any atom is -0.309 e. The van der Waals surface area contributed by atoms with Gasteiger partial charge in [0.25, 0.3) is 0 Å². The van der Waals surface area contributed by atoms with Crippen LogP contribution in [0.2, 0.25) is 0 Å². The first-order valence-electron chi connectivity index (χ1n) is 19.6. The van der Waals surface area contributed by atoms with Gasteiger partial charge in [-0.15, -0.1) is 11.3 Å². The molecular weight excluding hydrogens is 629 g/mol. The first kappa shape index (κ1) is 22.3. The van der Waals surface area contributed by atoms with Crippen LogP contribution < -0.4 is 0 Å². The average molecular weight is 664 g/mol. The van der Waals surface area contributed by atoms with Gasteiger partial charge in [0.1, 0.15) is 0 Å². The molecule has 234 valence electrons. The molecule has 0 aliphatic carbocycles. The van der Waals surface area contributed by atoms with Gasteiger partial charge in [0.2, 0.25) is 0 Å². The van der Waals surface area contributed by atoms with Gasteiger partial charge in [-0.3, -0.25) is 0 Å². The summed E-state index contributed by atoms with van der Waals surface area (Å²) in [4.78, 5) is 14.5. The molecule has 0 fully saturated rings. The second-order valence-electron chi connectivity index (χ2n) is 11.9. The SMILES string of the molecule is [2H]c1c([2H])c([2H])c2c(c1[2H])c1c([2H])c(-c3nc(-c4ccccc4)nc(-c4ccc(-c5ccccc5)cc4)n3)c([2H])c([2H])c1n2-c1ccc2sc3ccccc3c2c1. The summed E-state index contributed by atoms with van der Waals surface area (Å²) >= 11 is 1.64. The van der Waals surface area contributed by atoms with E-state index in [4.69, 9.17) is 20.4 Å². The number of benzene rings is 7. The molecule has 0 amide bonds. The van der Waals surface area contributed by atoms with Crippen LogP contribution in [0, 0.1) is 0 Å². The first-order chi connectivity index (χ1) is 27.7. The largest absolute Gasteiger partial charge is 0.309 e. The zero-order chi connectivity index (χ0) is 39.1. The topological polar surface area (TPSA) is 43.6 Å². The van der Waals surface area contributed by atoms with Crippen molar-refractivity contribution in [2.75, 3.05) is 0 Å². The minimum atomic E-state index is -0.457. The van der Waals surface area contributed by atoms with E-state index in [1.165, 1.54) is 0 Å². The van der Waals surface area contributed by atoms with Gasteiger partial charge in [0, 0.05) is 53.3 Å². The summed E-state index contributed by atoms with van der Waals surface area (Å²) in [7, 11) is 0. The van der Waals surface area contributed by atoms with Gasteiger partial charge in [0.15, 0.2) is 17.5 Å². The van der Waals surface area contributed by atoms with Crippen LogP contribution in [0.15, 0.2) is 170 Å². The third-order valence-electron chi connectivity index (χ3n) is 8.92. The third kappa shape index (κ3) is 4.79. The Hall–Kier alpha value is -6.43. The molecule has 0 aliphatic rings. The second kappa shape index (κ2) is 11.6. The van der Waals surface area contributed by atoms with Gasteiger partial charge >= 0.3 is 0 Å². The van der Waals surface area contributed by atoms with Crippen LogP contribution in [0.1, 0.15) is 9.60 Å². The average Bonchev–Trinajstić information content (AvgIpc) is 3.81. The third-order valence-corrected chi connectivity index (χ3v) is 10.1. The van der Waals surface area contributed by atoms with Crippen molar-refractivity contribution in [1.29, 1.82) is 0 Å². The molecular formula is C45H28N4S. The molecule has 0 aliphatic heterocycles. The lowest BCUT2D eigenvalue weighted by Crippen LogP contribution is -2.00. The van der Waals surface area contributed by atoms with Crippen LogP contribution in [-0.4, -0.2) is 19.5 Å². The number of hydrogen-bond acceptors (Lipinski definition) is 4. The molecule has 10 rings (SSSR count). The van der Waals surface area contributed by atoms with Gasteiger partial charge in [-0.25, -0.2) is 15.0 Å². The fourth-order valence-corrected chi connectivity index (χ4v) is 7.60. The maximum absolute atomic E-state index is 9.78. The van der Waals surface area contributed by atoms with Gasteiger partial charge in [0.05, 0.1) is 20.6 Å². The molecule has 0 radical (unpaired) electrons. The van der Waals surface area contributed by atoms with Crippen LogP contribution in [0.3, 0.4) is 0 Å². The molecule has 0 spiro atoms. The van der Waals surface area contributed by atoms with E-state index in [1.54, 1.807) is 15.9 Å². The van der Waals surface area contributed by atoms with E-state index in [0.29, 0.717) is 28.5 Å². The molecule has 3 aromatic heterocycles. The van der Waals surface area contributed by atoms with Gasteiger partial charge < -0.3 is 4.57 Å². The second-order valence-corrected chi connectivity index (χ2v) is 13.0. The number of aromatic nitrogens is 4.